The van der Waals surface area contributed by atoms with Crippen molar-refractivity contribution in [1.29, 1.82) is 0 Å². The number of hydrogen-bond acceptors (Lipinski definition) is 2. The fraction of sp³-hybridized carbons (Fsp3) is 0.217. The molecule has 0 saturated heterocycles. The molecule has 3 aromatic carbocycles. The second-order valence-electron chi connectivity index (χ2n) is 7.19. The Hall–Kier alpha value is -2.72. The summed E-state index contributed by atoms with van der Waals surface area (Å²) in [5, 5.41) is 2.41. The van der Waals surface area contributed by atoms with Crippen LogP contribution >= 0.6 is 11.3 Å². The zero-order chi connectivity index (χ0) is 18.4. The van der Waals surface area contributed by atoms with Crippen molar-refractivity contribution in [2.24, 2.45) is 12.0 Å². The minimum atomic E-state index is -0.158. The van der Waals surface area contributed by atoms with Crippen LogP contribution in [-0.2, 0) is 19.9 Å². The lowest BCUT2D eigenvalue weighted by Gasteiger charge is -2.15. The number of rotatable bonds is 1. The number of fused-ring (bicyclic) bond motifs is 4. The molecular weight excluding hydrogens is 352 g/mol. The smallest absolute Gasteiger partial charge is 0.279 e. The van der Waals surface area contributed by atoms with Crippen molar-refractivity contribution in [3.8, 4) is 0 Å². The maximum absolute atomic E-state index is 12.8. The molecule has 1 amide bonds. The molecule has 5 rings (SSSR count). The monoisotopic (exact) mass is 372 g/mol. The molecule has 1 heterocycles. The van der Waals surface area contributed by atoms with Gasteiger partial charge in [0.15, 0.2) is 4.80 Å². The Morgan fingerprint density at radius 3 is 2.70 bits per heavy atom. The lowest BCUT2D eigenvalue weighted by atomic mass is 9.90. The van der Waals surface area contributed by atoms with Gasteiger partial charge in [-0.1, -0.05) is 47.7 Å². The van der Waals surface area contributed by atoms with Crippen LogP contribution in [0.25, 0.3) is 21.0 Å². The molecule has 4 heteroatoms. The molecule has 0 bridgehead atoms. The quantitative estimate of drug-likeness (QED) is 0.462. The zero-order valence-corrected chi connectivity index (χ0v) is 16.1. The van der Waals surface area contributed by atoms with Crippen LogP contribution in [0.1, 0.15) is 34.3 Å². The van der Waals surface area contributed by atoms with Gasteiger partial charge in [0.25, 0.3) is 5.91 Å². The number of carbonyl (C=O) groups excluding carboxylic acids is 1. The highest BCUT2D eigenvalue weighted by molar-refractivity contribution is 7.17. The van der Waals surface area contributed by atoms with Crippen molar-refractivity contribution in [3.05, 3.63) is 76.1 Å². The number of amides is 1. The number of carbonyl (C=O) groups is 1. The van der Waals surface area contributed by atoms with E-state index in [0.29, 0.717) is 5.56 Å². The van der Waals surface area contributed by atoms with E-state index < -0.39 is 0 Å². The van der Waals surface area contributed by atoms with Crippen LogP contribution in [0.5, 0.6) is 0 Å². The highest BCUT2D eigenvalue weighted by atomic mass is 32.1. The van der Waals surface area contributed by atoms with Gasteiger partial charge in [0, 0.05) is 18.0 Å². The van der Waals surface area contributed by atoms with Crippen LogP contribution in [0, 0.1) is 0 Å². The number of aromatic nitrogens is 1. The molecule has 134 valence electrons. The molecule has 0 unspecified atom stereocenters. The number of benzene rings is 3. The van der Waals surface area contributed by atoms with Gasteiger partial charge in [0.1, 0.15) is 0 Å². The van der Waals surface area contributed by atoms with Crippen LogP contribution in [0.15, 0.2) is 59.6 Å². The predicted octanol–water partition coefficient (Wildman–Crippen LogP) is 5.01. The van der Waals surface area contributed by atoms with E-state index in [9.17, 15) is 4.79 Å². The first-order chi connectivity index (χ1) is 13.2. The molecule has 1 aromatic heterocycles. The molecule has 0 spiro atoms. The van der Waals surface area contributed by atoms with E-state index in [4.69, 9.17) is 0 Å². The Morgan fingerprint density at radius 1 is 1.00 bits per heavy atom. The molecule has 4 aromatic rings. The summed E-state index contributed by atoms with van der Waals surface area (Å²) in [6.07, 6.45) is 4.65. The summed E-state index contributed by atoms with van der Waals surface area (Å²) in [6.45, 7) is 0. The first kappa shape index (κ1) is 16.5. The van der Waals surface area contributed by atoms with Crippen molar-refractivity contribution in [1.82, 2.24) is 4.57 Å². The van der Waals surface area contributed by atoms with E-state index in [1.165, 1.54) is 39.4 Å². The molecule has 1 aliphatic rings. The molecule has 0 N–H and O–H groups in total. The van der Waals surface area contributed by atoms with Gasteiger partial charge in [-0.2, -0.15) is 4.99 Å². The molecular formula is C23H20N2OS. The van der Waals surface area contributed by atoms with E-state index >= 15 is 0 Å². The largest absolute Gasteiger partial charge is 0.319 e. The first-order valence-corrected chi connectivity index (χ1v) is 10.2. The average Bonchev–Trinajstić information content (AvgIpc) is 3.03. The third-order valence-electron chi connectivity index (χ3n) is 5.49. The normalized spacial score (nSPS) is 14.6. The molecule has 1 aliphatic carbocycles. The second-order valence-corrected chi connectivity index (χ2v) is 8.16. The number of thiazole rings is 1. The van der Waals surface area contributed by atoms with Crippen LogP contribution in [0.4, 0.5) is 0 Å². The van der Waals surface area contributed by atoms with Crippen LogP contribution in [0.2, 0.25) is 0 Å². The standard InChI is InChI=1S/C23H20N2OS/c1-25-20-13-12-16-7-4-5-9-19(16)21(20)27-23(25)24-22(26)18-11-10-15-6-2-3-8-17(15)14-18/h4-5,7,9-14H,2-3,6,8H2,1H3. The topological polar surface area (TPSA) is 34.4 Å². The Balaban J connectivity index is 1.62. The van der Waals surface area contributed by atoms with E-state index in [2.05, 4.69) is 41.4 Å². The Kier molecular flexibility index (Phi) is 3.94. The summed E-state index contributed by atoms with van der Waals surface area (Å²) in [6, 6.07) is 18.7. The van der Waals surface area contributed by atoms with Gasteiger partial charge in [0.2, 0.25) is 0 Å². The fourth-order valence-corrected chi connectivity index (χ4v) is 5.13. The summed E-state index contributed by atoms with van der Waals surface area (Å²) in [7, 11) is 1.98. The molecule has 0 atom stereocenters. The van der Waals surface area contributed by atoms with E-state index in [1.807, 2.05) is 29.8 Å². The summed E-state index contributed by atoms with van der Waals surface area (Å²) in [5.74, 6) is -0.158. The zero-order valence-electron chi connectivity index (χ0n) is 15.2. The summed E-state index contributed by atoms with van der Waals surface area (Å²) >= 11 is 1.58. The van der Waals surface area contributed by atoms with Gasteiger partial charge < -0.3 is 4.57 Å². The van der Waals surface area contributed by atoms with Gasteiger partial charge in [-0.25, -0.2) is 0 Å². The maximum atomic E-state index is 12.8. The molecule has 0 saturated carbocycles. The highest BCUT2D eigenvalue weighted by Crippen LogP contribution is 2.27. The van der Waals surface area contributed by atoms with Crippen LogP contribution in [-0.4, -0.2) is 10.5 Å². The van der Waals surface area contributed by atoms with Crippen molar-refractivity contribution in [2.75, 3.05) is 0 Å². The van der Waals surface area contributed by atoms with Gasteiger partial charge in [-0.15, -0.1) is 0 Å². The highest BCUT2D eigenvalue weighted by Gasteiger charge is 2.13. The van der Waals surface area contributed by atoms with E-state index in [-0.39, 0.29) is 5.91 Å². The molecule has 3 nitrogen and oxygen atoms in total. The lowest BCUT2D eigenvalue weighted by Crippen LogP contribution is -2.13. The van der Waals surface area contributed by atoms with Crippen molar-refractivity contribution in [2.45, 2.75) is 25.7 Å². The molecule has 0 aliphatic heterocycles. The van der Waals surface area contributed by atoms with Crippen molar-refractivity contribution < 1.29 is 4.79 Å². The summed E-state index contributed by atoms with van der Waals surface area (Å²) < 4.78 is 3.19. The predicted molar refractivity (Wildman–Crippen MR) is 111 cm³/mol. The maximum Gasteiger partial charge on any atom is 0.279 e. The van der Waals surface area contributed by atoms with Gasteiger partial charge in [-0.05, 0) is 60.4 Å². The van der Waals surface area contributed by atoms with Crippen molar-refractivity contribution in [3.63, 3.8) is 0 Å². The molecule has 0 fully saturated rings. The van der Waals surface area contributed by atoms with E-state index in [0.717, 1.165) is 23.2 Å². The SMILES string of the molecule is Cn1c(=NC(=O)c2ccc3c(c2)CCCC3)sc2c3ccccc3ccc21. The van der Waals surface area contributed by atoms with Crippen LogP contribution in [0.3, 0.4) is 0 Å². The minimum absolute atomic E-state index is 0.158. The fourth-order valence-electron chi connectivity index (χ4n) is 3.98. The third-order valence-corrected chi connectivity index (χ3v) is 6.67. The number of nitrogens with zero attached hydrogens (tertiary/aromatic N) is 2. The summed E-state index contributed by atoms with van der Waals surface area (Å²) in [4.78, 5) is 18.0. The van der Waals surface area contributed by atoms with Crippen LogP contribution < -0.4 is 4.80 Å². The lowest BCUT2D eigenvalue weighted by molar-refractivity contribution is 0.0998. The molecule has 0 radical (unpaired) electrons. The van der Waals surface area contributed by atoms with Gasteiger partial charge in [0.05, 0.1) is 10.2 Å². The van der Waals surface area contributed by atoms with Crippen molar-refractivity contribution >= 4 is 38.2 Å². The number of hydrogen-bond donors (Lipinski definition) is 0. The molecule has 27 heavy (non-hydrogen) atoms. The van der Waals surface area contributed by atoms with Gasteiger partial charge in [-0.3, -0.25) is 4.79 Å². The Morgan fingerprint density at radius 2 is 1.81 bits per heavy atom. The summed E-state index contributed by atoms with van der Waals surface area (Å²) in [5.41, 5.74) is 4.50. The number of aryl methyl sites for hydroxylation is 3. The van der Waals surface area contributed by atoms with Gasteiger partial charge >= 0.3 is 0 Å². The Bertz CT molecular complexity index is 1260. The first-order valence-electron chi connectivity index (χ1n) is 9.39. The Labute approximate surface area is 161 Å². The second kappa shape index (κ2) is 6.46. The van der Waals surface area contributed by atoms with E-state index in [1.54, 1.807) is 11.3 Å². The average molecular weight is 372 g/mol. The minimum Gasteiger partial charge on any atom is -0.319 e. The third kappa shape index (κ3) is 2.81.